The zero-order valence-corrected chi connectivity index (χ0v) is 18.3. The van der Waals surface area contributed by atoms with Crippen molar-refractivity contribution in [1.82, 2.24) is 20.1 Å². The minimum atomic E-state index is -0.537. The molecule has 33 heavy (non-hydrogen) atoms. The monoisotopic (exact) mass is 440 g/mol. The van der Waals surface area contributed by atoms with Gasteiger partial charge in [-0.25, -0.2) is 4.79 Å². The molecule has 5 rings (SSSR count). The standard InChI is InChI=1S/C26H24N4O3/c1-29-22-16-30(15-20-11-5-6-13-27-20)25(31)23(22)24(28-26(29)32)19-10-7-12-21(14-19)33-17-18-8-3-2-4-9-18/h2-14,24H,15-17H2,1H3,(H,28,32)/t24-/m1/s1. The van der Waals surface area contributed by atoms with Gasteiger partial charge in [-0.3, -0.25) is 14.7 Å². The summed E-state index contributed by atoms with van der Waals surface area (Å²) in [5, 5.41) is 2.98. The van der Waals surface area contributed by atoms with Crippen molar-refractivity contribution < 1.29 is 14.3 Å². The van der Waals surface area contributed by atoms with Crippen LogP contribution in [0.1, 0.15) is 22.9 Å². The molecule has 0 saturated carbocycles. The highest BCUT2D eigenvalue weighted by Crippen LogP contribution is 2.37. The number of ether oxygens (including phenoxy) is 1. The molecule has 0 unspecified atom stereocenters. The molecular weight excluding hydrogens is 416 g/mol. The van der Waals surface area contributed by atoms with Crippen molar-refractivity contribution in [3.63, 3.8) is 0 Å². The summed E-state index contributed by atoms with van der Waals surface area (Å²) in [7, 11) is 1.69. The van der Waals surface area contributed by atoms with Crippen LogP contribution < -0.4 is 10.1 Å². The fourth-order valence-electron chi connectivity index (χ4n) is 4.21. The number of rotatable bonds is 6. The number of hydrogen-bond acceptors (Lipinski definition) is 4. The molecule has 0 fully saturated rings. The molecule has 2 aromatic carbocycles. The Hall–Kier alpha value is -4.13. The van der Waals surface area contributed by atoms with Crippen molar-refractivity contribution >= 4 is 11.9 Å². The largest absolute Gasteiger partial charge is 0.489 e. The van der Waals surface area contributed by atoms with E-state index in [1.807, 2.05) is 72.8 Å². The summed E-state index contributed by atoms with van der Waals surface area (Å²) in [6.45, 7) is 1.20. The number of urea groups is 1. The van der Waals surface area contributed by atoms with Crippen LogP contribution in [0.4, 0.5) is 4.79 Å². The molecule has 7 heteroatoms. The number of likely N-dealkylation sites (N-methyl/N-ethyl adjacent to an activating group) is 1. The van der Waals surface area contributed by atoms with E-state index in [1.165, 1.54) is 4.90 Å². The highest BCUT2D eigenvalue weighted by molar-refractivity contribution is 6.01. The van der Waals surface area contributed by atoms with Crippen molar-refractivity contribution in [2.24, 2.45) is 0 Å². The van der Waals surface area contributed by atoms with Gasteiger partial charge in [0.15, 0.2) is 0 Å². The number of carbonyl (C=O) groups excluding carboxylic acids is 2. The Morgan fingerprint density at radius 2 is 1.85 bits per heavy atom. The normalized spacial score (nSPS) is 17.8. The summed E-state index contributed by atoms with van der Waals surface area (Å²) < 4.78 is 5.97. The molecule has 0 bridgehead atoms. The van der Waals surface area contributed by atoms with Crippen LogP contribution in [0.25, 0.3) is 0 Å². The van der Waals surface area contributed by atoms with Crippen molar-refractivity contribution in [3.8, 4) is 5.75 Å². The van der Waals surface area contributed by atoms with Crippen LogP contribution >= 0.6 is 0 Å². The molecule has 0 aliphatic carbocycles. The molecule has 0 spiro atoms. The van der Waals surface area contributed by atoms with Crippen LogP contribution in [0.15, 0.2) is 90.3 Å². The SMILES string of the molecule is CN1C(=O)N[C@H](c2cccc(OCc3ccccc3)c2)C2=C1CN(Cc1ccccn1)C2=O. The van der Waals surface area contributed by atoms with Gasteiger partial charge in [-0.2, -0.15) is 0 Å². The number of nitrogens with one attached hydrogen (secondary N) is 1. The number of aromatic nitrogens is 1. The molecule has 2 aliphatic rings. The van der Waals surface area contributed by atoms with E-state index in [0.717, 1.165) is 22.5 Å². The van der Waals surface area contributed by atoms with E-state index in [-0.39, 0.29) is 11.9 Å². The number of amides is 3. The van der Waals surface area contributed by atoms with Crippen molar-refractivity contribution in [2.75, 3.05) is 13.6 Å². The van der Waals surface area contributed by atoms with E-state index < -0.39 is 6.04 Å². The highest BCUT2D eigenvalue weighted by atomic mass is 16.5. The summed E-state index contributed by atoms with van der Waals surface area (Å²) in [6, 6.07) is 22.3. The Kier molecular flexibility index (Phi) is 5.52. The molecule has 1 atom stereocenters. The lowest BCUT2D eigenvalue weighted by Gasteiger charge is -2.31. The zero-order chi connectivity index (χ0) is 22.8. The van der Waals surface area contributed by atoms with E-state index in [4.69, 9.17) is 4.74 Å². The molecule has 7 nitrogen and oxygen atoms in total. The summed E-state index contributed by atoms with van der Waals surface area (Å²) in [5.74, 6) is 0.588. The van der Waals surface area contributed by atoms with Gasteiger partial charge in [-0.05, 0) is 35.4 Å². The van der Waals surface area contributed by atoms with Gasteiger partial charge in [0.1, 0.15) is 12.4 Å². The van der Waals surface area contributed by atoms with Gasteiger partial charge >= 0.3 is 6.03 Å². The number of benzene rings is 2. The van der Waals surface area contributed by atoms with E-state index in [1.54, 1.807) is 18.1 Å². The van der Waals surface area contributed by atoms with E-state index >= 15 is 0 Å². The highest BCUT2D eigenvalue weighted by Gasteiger charge is 2.42. The van der Waals surface area contributed by atoms with Crippen LogP contribution in [0.5, 0.6) is 5.75 Å². The molecule has 0 saturated heterocycles. The molecule has 1 aromatic heterocycles. The van der Waals surface area contributed by atoms with Crippen LogP contribution in [-0.4, -0.2) is 40.3 Å². The molecule has 2 aliphatic heterocycles. The maximum Gasteiger partial charge on any atom is 0.322 e. The third kappa shape index (κ3) is 4.17. The lowest BCUT2D eigenvalue weighted by Crippen LogP contribution is -2.45. The number of nitrogens with zero attached hydrogens (tertiary/aromatic N) is 3. The van der Waals surface area contributed by atoms with E-state index in [2.05, 4.69) is 10.3 Å². The maximum absolute atomic E-state index is 13.4. The van der Waals surface area contributed by atoms with Crippen LogP contribution in [0, 0.1) is 0 Å². The second-order valence-electron chi connectivity index (χ2n) is 8.13. The Bertz CT molecular complexity index is 1210. The molecule has 166 valence electrons. The fraction of sp³-hybridized carbons (Fsp3) is 0.192. The third-order valence-electron chi connectivity index (χ3n) is 5.95. The van der Waals surface area contributed by atoms with Gasteiger partial charge in [-0.15, -0.1) is 0 Å². The lowest BCUT2D eigenvalue weighted by atomic mass is 9.95. The average Bonchev–Trinajstić information content (AvgIpc) is 3.17. The van der Waals surface area contributed by atoms with E-state index in [9.17, 15) is 9.59 Å². The second kappa shape index (κ2) is 8.78. The molecule has 3 aromatic rings. The topological polar surface area (TPSA) is 74.8 Å². The Balaban J connectivity index is 1.40. The van der Waals surface area contributed by atoms with Gasteiger partial charge in [0, 0.05) is 13.2 Å². The van der Waals surface area contributed by atoms with Crippen molar-refractivity contribution in [2.45, 2.75) is 19.2 Å². The minimum absolute atomic E-state index is 0.0943. The quantitative estimate of drug-likeness (QED) is 0.635. The Morgan fingerprint density at radius 1 is 1.03 bits per heavy atom. The van der Waals surface area contributed by atoms with Crippen LogP contribution in [-0.2, 0) is 17.9 Å². The van der Waals surface area contributed by atoms with Crippen molar-refractivity contribution in [3.05, 3.63) is 107 Å². The van der Waals surface area contributed by atoms with E-state index in [0.29, 0.717) is 31.0 Å². The van der Waals surface area contributed by atoms with Gasteiger partial charge in [0.25, 0.3) is 5.91 Å². The van der Waals surface area contributed by atoms with Crippen LogP contribution in [0.3, 0.4) is 0 Å². The third-order valence-corrected chi connectivity index (χ3v) is 5.95. The summed E-state index contributed by atoms with van der Waals surface area (Å²) in [4.78, 5) is 33.7. The van der Waals surface area contributed by atoms with Gasteiger partial charge in [0.2, 0.25) is 0 Å². The van der Waals surface area contributed by atoms with Crippen molar-refractivity contribution in [1.29, 1.82) is 0 Å². The average molecular weight is 441 g/mol. The molecule has 3 heterocycles. The molecule has 3 amide bonds. The first-order chi connectivity index (χ1) is 16.1. The Labute approximate surface area is 192 Å². The van der Waals surface area contributed by atoms with Crippen LogP contribution in [0.2, 0.25) is 0 Å². The number of pyridine rings is 1. The van der Waals surface area contributed by atoms with Gasteiger partial charge < -0.3 is 15.0 Å². The smallest absolute Gasteiger partial charge is 0.322 e. The van der Waals surface area contributed by atoms with Gasteiger partial charge in [-0.1, -0.05) is 48.5 Å². The first-order valence-corrected chi connectivity index (χ1v) is 10.8. The number of hydrogen-bond donors (Lipinski definition) is 1. The molecule has 1 N–H and O–H groups in total. The summed E-state index contributed by atoms with van der Waals surface area (Å²) in [6.07, 6.45) is 1.71. The minimum Gasteiger partial charge on any atom is -0.489 e. The molecular formula is C26H24N4O3. The molecule has 0 radical (unpaired) electrons. The lowest BCUT2D eigenvalue weighted by molar-refractivity contribution is -0.126. The fourth-order valence-corrected chi connectivity index (χ4v) is 4.21. The summed E-state index contributed by atoms with van der Waals surface area (Å²) in [5.41, 5.74) is 3.99. The second-order valence-corrected chi connectivity index (χ2v) is 8.13. The first-order valence-electron chi connectivity index (χ1n) is 10.8. The summed E-state index contributed by atoms with van der Waals surface area (Å²) >= 11 is 0. The zero-order valence-electron chi connectivity index (χ0n) is 18.3. The predicted molar refractivity (Wildman–Crippen MR) is 123 cm³/mol. The predicted octanol–water partition coefficient (Wildman–Crippen LogP) is 3.65. The Morgan fingerprint density at radius 3 is 2.64 bits per heavy atom. The van der Waals surface area contributed by atoms with Gasteiger partial charge in [0.05, 0.1) is 36.1 Å². The first kappa shape index (κ1) is 20.8. The number of carbonyl (C=O) groups is 2. The maximum atomic E-state index is 13.4.